The predicted octanol–water partition coefficient (Wildman–Crippen LogP) is 2.43. The lowest BCUT2D eigenvalue weighted by molar-refractivity contribution is -0.133. The van der Waals surface area contributed by atoms with Gasteiger partial charge < -0.3 is 9.64 Å². The number of rotatable bonds is 4. The van der Waals surface area contributed by atoms with Gasteiger partial charge in [0.05, 0.1) is 18.2 Å². The number of methoxy groups -OCH3 is 1. The number of aromatic nitrogens is 3. The second-order valence-corrected chi connectivity index (χ2v) is 8.55. The number of hydrogen-bond donors (Lipinski definition) is 0. The Hall–Kier alpha value is -3.42. The molecule has 0 saturated carbocycles. The lowest BCUT2D eigenvalue weighted by Gasteiger charge is -2.31. The first-order chi connectivity index (χ1) is 15.3. The summed E-state index contributed by atoms with van der Waals surface area (Å²) in [5.41, 5.74) is 1.01. The van der Waals surface area contributed by atoms with E-state index >= 15 is 0 Å². The van der Waals surface area contributed by atoms with Gasteiger partial charge in [-0.2, -0.15) is 0 Å². The van der Waals surface area contributed by atoms with Gasteiger partial charge in [0, 0.05) is 18.8 Å². The first-order valence-corrected chi connectivity index (χ1v) is 10.9. The van der Waals surface area contributed by atoms with Crippen molar-refractivity contribution in [2.24, 2.45) is 5.92 Å². The Balaban J connectivity index is 1.96. The molecule has 1 amide bonds. The summed E-state index contributed by atoms with van der Waals surface area (Å²) in [5.74, 6) is 0.651. The standard InChI is InChI=1S/C24H28N4O4/c1-15-8-7-11-26(13-15)20(29)14-27-23(30)21-16(2)12-17(3)25-22(21)28(24(27)31)18-9-5-6-10-19(18)32-4/h5-6,9-10,12,15H,7-8,11,13-14H2,1-4H3/t15-/m1/s1. The SMILES string of the molecule is COc1ccccc1-n1c(=O)n(CC(=O)N2CCC[C@@H](C)C2)c(=O)c2c(C)cc(C)nc21. The van der Waals surface area contributed by atoms with Crippen molar-refractivity contribution in [3.8, 4) is 11.4 Å². The third kappa shape index (κ3) is 3.81. The Bertz CT molecular complexity index is 1310. The van der Waals surface area contributed by atoms with Crippen LogP contribution in [-0.2, 0) is 11.3 Å². The number of aryl methyl sites for hydroxylation is 2. The van der Waals surface area contributed by atoms with E-state index in [0.29, 0.717) is 47.1 Å². The zero-order chi connectivity index (χ0) is 23.0. The molecule has 3 aromatic rings. The summed E-state index contributed by atoms with van der Waals surface area (Å²) in [6.45, 7) is 6.72. The molecule has 8 heteroatoms. The normalized spacial score (nSPS) is 16.4. The number of piperidine rings is 1. The average Bonchev–Trinajstić information content (AvgIpc) is 2.76. The highest BCUT2D eigenvalue weighted by Gasteiger charge is 2.25. The molecular formula is C24H28N4O4. The number of carbonyl (C=O) groups excluding carboxylic acids is 1. The van der Waals surface area contributed by atoms with Crippen molar-refractivity contribution in [1.29, 1.82) is 0 Å². The van der Waals surface area contributed by atoms with Gasteiger partial charge in [0.1, 0.15) is 12.3 Å². The van der Waals surface area contributed by atoms with Crippen LogP contribution in [0.4, 0.5) is 0 Å². The Morgan fingerprint density at radius 2 is 1.97 bits per heavy atom. The van der Waals surface area contributed by atoms with Crippen LogP contribution in [0.2, 0.25) is 0 Å². The van der Waals surface area contributed by atoms with Gasteiger partial charge in [-0.3, -0.25) is 9.59 Å². The number of benzene rings is 1. The van der Waals surface area contributed by atoms with Crippen molar-refractivity contribution in [2.75, 3.05) is 20.2 Å². The number of carbonyl (C=O) groups is 1. The predicted molar refractivity (Wildman–Crippen MR) is 123 cm³/mol. The number of para-hydroxylation sites is 2. The van der Waals surface area contributed by atoms with Gasteiger partial charge in [-0.1, -0.05) is 19.1 Å². The molecule has 1 aromatic carbocycles. The van der Waals surface area contributed by atoms with Crippen LogP contribution in [0.5, 0.6) is 5.75 Å². The number of amides is 1. The molecule has 0 unspecified atom stereocenters. The zero-order valence-corrected chi connectivity index (χ0v) is 18.9. The molecule has 0 aliphatic carbocycles. The van der Waals surface area contributed by atoms with Crippen LogP contribution in [0.1, 0.15) is 31.0 Å². The van der Waals surface area contributed by atoms with Crippen molar-refractivity contribution >= 4 is 16.9 Å². The van der Waals surface area contributed by atoms with Gasteiger partial charge in [0.15, 0.2) is 5.65 Å². The fraction of sp³-hybridized carbons (Fsp3) is 0.417. The van der Waals surface area contributed by atoms with E-state index in [0.717, 1.165) is 17.4 Å². The lowest BCUT2D eigenvalue weighted by atomic mass is 10.0. The molecule has 1 fully saturated rings. The van der Waals surface area contributed by atoms with Gasteiger partial charge in [0.2, 0.25) is 5.91 Å². The average molecular weight is 437 g/mol. The minimum atomic E-state index is -0.608. The summed E-state index contributed by atoms with van der Waals surface area (Å²) in [6, 6.07) is 8.87. The van der Waals surface area contributed by atoms with Crippen molar-refractivity contribution < 1.29 is 9.53 Å². The third-order valence-corrected chi connectivity index (χ3v) is 6.05. The first-order valence-electron chi connectivity index (χ1n) is 10.9. The molecule has 0 spiro atoms. The Kier molecular flexibility index (Phi) is 5.86. The maximum atomic E-state index is 13.6. The third-order valence-electron chi connectivity index (χ3n) is 6.05. The summed E-state index contributed by atoms with van der Waals surface area (Å²) in [5, 5.41) is 0.320. The van der Waals surface area contributed by atoms with Gasteiger partial charge >= 0.3 is 5.69 Å². The van der Waals surface area contributed by atoms with Crippen molar-refractivity contribution in [1.82, 2.24) is 19.0 Å². The number of pyridine rings is 1. The van der Waals surface area contributed by atoms with E-state index in [1.165, 1.54) is 11.7 Å². The summed E-state index contributed by atoms with van der Waals surface area (Å²) < 4.78 is 7.88. The Morgan fingerprint density at radius 3 is 2.69 bits per heavy atom. The highest BCUT2D eigenvalue weighted by molar-refractivity contribution is 5.81. The Labute approximate surface area is 186 Å². The maximum absolute atomic E-state index is 13.6. The fourth-order valence-corrected chi connectivity index (χ4v) is 4.50. The van der Waals surface area contributed by atoms with E-state index in [1.807, 2.05) is 13.8 Å². The van der Waals surface area contributed by atoms with Gasteiger partial charge in [-0.05, 0) is 56.4 Å². The number of fused-ring (bicyclic) bond motifs is 1. The largest absolute Gasteiger partial charge is 0.495 e. The van der Waals surface area contributed by atoms with E-state index in [-0.39, 0.29) is 18.1 Å². The molecule has 0 bridgehead atoms. The van der Waals surface area contributed by atoms with Crippen LogP contribution in [0.25, 0.3) is 16.7 Å². The smallest absolute Gasteiger partial charge is 0.337 e. The van der Waals surface area contributed by atoms with Crippen LogP contribution in [0.15, 0.2) is 39.9 Å². The second-order valence-electron chi connectivity index (χ2n) is 8.55. The summed E-state index contributed by atoms with van der Waals surface area (Å²) in [6.07, 6.45) is 2.00. The molecular weight excluding hydrogens is 408 g/mol. The molecule has 32 heavy (non-hydrogen) atoms. The molecule has 0 radical (unpaired) electrons. The highest BCUT2D eigenvalue weighted by atomic mass is 16.5. The van der Waals surface area contributed by atoms with Crippen LogP contribution < -0.4 is 16.0 Å². The molecule has 1 aliphatic heterocycles. The van der Waals surface area contributed by atoms with Gasteiger partial charge in [-0.25, -0.2) is 18.9 Å². The van der Waals surface area contributed by atoms with Crippen molar-refractivity contribution in [3.05, 3.63) is 62.4 Å². The van der Waals surface area contributed by atoms with E-state index in [1.54, 1.807) is 35.2 Å². The van der Waals surface area contributed by atoms with Gasteiger partial charge in [0.25, 0.3) is 5.56 Å². The molecule has 168 valence electrons. The minimum absolute atomic E-state index is 0.223. The van der Waals surface area contributed by atoms with Gasteiger partial charge in [-0.15, -0.1) is 0 Å². The molecule has 8 nitrogen and oxygen atoms in total. The van der Waals surface area contributed by atoms with E-state index < -0.39 is 11.2 Å². The van der Waals surface area contributed by atoms with Crippen LogP contribution in [0, 0.1) is 19.8 Å². The molecule has 2 aromatic heterocycles. The summed E-state index contributed by atoms with van der Waals surface area (Å²) in [4.78, 5) is 46.4. The maximum Gasteiger partial charge on any atom is 0.337 e. The van der Waals surface area contributed by atoms with E-state index in [2.05, 4.69) is 11.9 Å². The Morgan fingerprint density at radius 1 is 1.22 bits per heavy atom. The number of ether oxygens (including phenoxy) is 1. The van der Waals surface area contributed by atoms with Crippen molar-refractivity contribution in [3.63, 3.8) is 0 Å². The van der Waals surface area contributed by atoms with Crippen LogP contribution in [-0.4, -0.2) is 45.1 Å². The number of hydrogen-bond acceptors (Lipinski definition) is 5. The lowest BCUT2D eigenvalue weighted by Crippen LogP contribution is -2.47. The second kappa shape index (κ2) is 8.61. The summed E-state index contributed by atoms with van der Waals surface area (Å²) >= 11 is 0. The van der Waals surface area contributed by atoms with Crippen LogP contribution >= 0.6 is 0 Å². The fourth-order valence-electron chi connectivity index (χ4n) is 4.50. The topological polar surface area (TPSA) is 86.4 Å². The highest BCUT2D eigenvalue weighted by Crippen LogP contribution is 2.24. The van der Waals surface area contributed by atoms with E-state index in [4.69, 9.17) is 4.74 Å². The number of likely N-dealkylation sites (tertiary alicyclic amines) is 1. The van der Waals surface area contributed by atoms with Crippen LogP contribution in [0.3, 0.4) is 0 Å². The quantitative estimate of drug-likeness (QED) is 0.627. The molecule has 1 saturated heterocycles. The molecule has 1 atom stereocenters. The monoisotopic (exact) mass is 436 g/mol. The molecule has 3 heterocycles. The zero-order valence-electron chi connectivity index (χ0n) is 18.9. The molecule has 0 N–H and O–H groups in total. The summed E-state index contributed by atoms with van der Waals surface area (Å²) in [7, 11) is 1.52. The first kappa shape index (κ1) is 21.8. The molecule has 1 aliphatic rings. The molecule has 4 rings (SSSR count). The van der Waals surface area contributed by atoms with E-state index in [9.17, 15) is 14.4 Å². The minimum Gasteiger partial charge on any atom is -0.495 e. The van der Waals surface area contributed by atoms with Crippen molar-refractivity contribution in [2.45, 2.75) is 40.2 Å². The number of nitrogens with zero attached hydrogens (tertiary/aromatic N) is 4.